The number of nitrogens with zero attached hydrogens (tertiary/aromatic N) is 1. The largest absolute Gasteiger partial charge is 0.342 e. The monoisotopic (exact) mass is 275 g/mol. The summed E-state index contributed by atoms with van der Waals surface area (Å²) in [6.45, 7) is 1.94. The Morgan fingerprint density at radius 2 is 2.31 bits per heavy atom. The molecule has 0 fully saturated rings. The minimum Gasteiger partial charge on any atom is -0.342 e. The number of nitrogens with one attached hydrogen (secondary N) is 1. The lowest BCUT2D eigenvalue weighted by Gasteiger charge is -2.00. The molecule has 0 amide bonds. The molecule has 0 aliphatic carbocycles. The van der Waals surface area contributed by atoms with Crippen LogP contribution in [-0.2, 0) is 6.42 Å². The molecule has 0 aliphatic rings. The maximum Gasteiger partial charge on any atom is 0.108 e. The molecule has 2 aromatic heterocycles. The highest BCUT2D eigenvalue weighted by Gasteiger charge is 2.11. The van der Waals surface area contributed by atoms with Crippen LogP contribution in [0.25, 0.3) is 11.3 Å². The molecule has 86 valence electrons. The molecule has 1 atom stereocenters. The molecule has 3 nitrogen and oxygen atoms in total. The van der Waals surface area contributed by atoms with Gasteiger partial charge in [0.05, 0.1) is 16.2 Å². The predicted molar refractivity (Wildman–Crippen MR) is 69.3 cm³/mol. The quantitative estimate of drug-likeness (QED) is 0.903. The maximum absolute atomic E-state index is 6.06. The number of aromatic amines is 1. The van der Waals surface area contributed by atoms with Crippen LogP contribution in [0.4, 0.5) is 0 Å². The summed E-state index contributed by atoms with van der Waals surface area (Å²) in [7, 11) is 0. The third kappa shape index (κ3) is 2.58. The Balaban J connectivity index is 2.28. The maximum atomic E-state index is 6.06. The van der Waals surface area contributed by atoms with E-state index in [0.29, 0.717) is 8.67 Å². The fourth-order valence-electron chi connectivity index (χ4n) is 1.43. The number of H-pyrrole nitrogens is 1. The Labute approximate surface area is 108 Å². The van der Waals surface area contributed by atoms with Gasteiger partial charge in [0.1, 0.15) is 10.2 Å². The van der Waals surface area contributed by atoms with Gasteiger partial charge in [0.15, 0.2) is 0 Å². The van der Waals surface area contributed by atoms with Crippen molar-refractivity contribution >= 4 is 34.5 Å². The molecule has 0 radical (unpaired) electrons. The SMILES string of the molecule is CC(N)Cc1ncc(-c2cc(Cl)sc2Cl)[nH]1. The summed E-state index contributed by atoms with van der Waals surface area (Å²) in [4.78, 5) is 7.44. The van der Waals surface area contributed by atoms with E-state index in [2.05, 4.69) is 9.97 Å². The highest BCUT2D eigenvalue weighted by Crippen LogP contribution is 2.37. The van der Waals surface area contributed by atoms with Gasteiger partial charge in [0.2, 0.25) is 0 Å². The highest BCUT2D eigenvalue weighted by atomic mass is 35.5. The summed E-state index contributed by atoms with van der Waals surface area (Å²) in [5.74, 6) is 0.864. The van der Waals surface area contributed by atoms with E-state index in [4.69, 9.17) is 28.9 Å². The summed E-state index contributed by atoms with van der Waals surface area (Å²) < 4.78 is 1.34. The highest BCUT2D eigenvalue weighted by molar-refractivity contribution is 7.20. The number of rotatable bonds is 3. The molecule has 0 bridgehead atoms. The topological polar surface area (TPSA) is 54.7 Å². The van der Waals surface area contributed by atoms with Gasteiger partial charge < -0.3 is 10.7 Å². The molecule has 2 aromatic rings. The first kappa shape index (κ1) is 11.9. The first-order valence-electron chi connectivity index (χ1n) is 4.81. The Morgan fingerprint density at radius 1 is 1.56 bits per heavy atom. The minimum absolute atomic E-state index is 0.0838. The number of hydrogen-bond donors (Lipinski definition) is 2. The van der Waals surface area contributed by atoms with Crippen molar-refractivity contribution in [3.63, 3.8) is 0 Å². The van der Waals surface area contributed by atoms with Gasteiger partial charge in [-0.3, -0.25) is 0 Å². The molecule has 0 aliphatic heterocycles. The second kappa shape index (κ2) is 4.75. The van der Waals surface area contributed by atoms with E-state index in [1.54, 1.807) is 6.20 Å². The number of halogens is 2. The summed E-state index contributed by atoms with van der Waals surface area (Å²) in [6.07, 6.45) is 2.47. The van der Waals surface area contributed by atoms with E-state index in [1.165, 1.54) is 11.3 Å². The van der Waals surface area contributed by atoms with E-state index in [1.807, 2.05) is 13.0 Å². The Kier molecular flexibility index (Phi) is 3.54. The number of hydrogen-bond acceptors (Lipinski definition) is 3. The van der Waals surface area contributed by atoms with Crippen molar-refractivity contribution in [3.05, 3.63) is 26.8 Å². The van der Waals surface area contributed by atoms with Crippen molar-refractivity contribution in [2.45, 2.75) is 19.4 Å². The second-order valence-corrected chi connectivity index (χ2v) is 5.95. The van der Waals surface area contributed by atoms with Crippen molar-refractivity contribution < 1.29 is 0 Å². The molecule has 0 spiro atoms. The average molecular weight is 276 g/mol. The molecular weight excluding hydrogens is 265 g/mol. The zero-order chi connectivity index (χ0) is 11.7. The van der Waals surface area contributed by atoms with Crippen LogP contribution >= 0.6 is 34.5 Å². The third-order valence-electron chi connectivity index (χ3n) is 2.09. The third-order valence-corrected chi connectivity index (χ3v) is 3.58. The lowest BCUT2D eigenvalue weighted by molar-refractivity contribution is 0.710. The number of imidazole rings is 1. The fraction of sp³-hybridized carbons (Fsp3) is 0.300. The van der Waals surface area contributed by atoms with Crippen molar-refractivity contribution in [2.75, 3.05) is 0 Å². The molecule has 1 unspecified atom stereocenters. The van der Waals surface area contributed by atoms with Crippen LogP contribution < -0.4 is 5.73 Å². The summed E-state index contributed by atoms with van der Waals surface area (Å²) in [5.41, 5.74) is 7.47. The van der Waals surface area contributed by atoms with Crippen LogP contribution in [0.3, 0.4) is 0 Å². The van der Waals surface area contributed by atoms with Crippen molar-refractivity contribution in [2.24, 2.45) is 5.73 Å². The van der Waals surface area contributed by atoms with E-state index >= 15 is 0 Å². The second-order valence-electron chi connectivity index (χ2n) is 3.66. The lowest BCUT2D eigenvalue weighted by Crippen LogP contribution is -2.18. The molecule has 2 rings (SSSR count). The Bertz CT molecular complexity index is 490. The molecule has 16 heavy (non-hydrogen) atoms. The van der Waals surface area contributed by atoms with Gasteiger partial charge in [-0.05, 0) is 13.0 Å². The number of nitrogens with two attached hydrogens (primary N) is 1. The number of thiophene rings is 1. The standard InChI is InChI=1S/C10H11Cl2N3S/c1-5(13)2-9-14-4-7(15-9)6-3-8(11)16-10(6)12/h3-5H,2,13H2,1H3,(H,14,15). The first-order valence-corrected chi connectivity index (χ1v) is 6.38. The zero-order valence-electron chi connectivity index (χ0n) is 8.63. The van der Waals surface area contributed by atoms with Crippen LogP contribution in [0, 0.1) is 0 Å². The molecular formula is C10H11Cl2N3S. The Hall–Kier alpha value is -0.550. The summed E-state index contributed by atoms with van der Waals surface area (Å²) in [5, 5.41) is 0. The average Bonchev–Trinajstić information content (AvgIpc) is 2.72. The molecule has 0 saturated carbocycles. The van der Waals surface area contributed by atoms with Crippen molar-refractivity contribution in [1.82, 2.24) is 9.97 Å². The predicted octanol–water partition coefficient (Wildman–Crippen LogP) is 3.33. The van der Waals surface area contributed by atoms with Crippen LogP contribution in [0.2, 0.25) is 8.67 Å². The fourth-order valence-corrected chi connectivity index (χ4v) is 2.92. The van der Waals surface area contributed by atoms with Gasteiger partial charge in [-0.25, -0.2) is 4.98 Å². The van der Waals surface area contributed by atoms with E-state index < -0.39 is 0 Å². The van der Waals surface area contributed by atoms with Crippen LogP contribution in [-0.4, -0.2) is 16.0 Å². The molecule has 3 N–H and O–H groups in total. The molecule has 6 heteroatoms. The van der Waals surface area contributed by atoms with Gasteiger partial charge in [-0.15, -0.1) is 11.3 Å². The van der Waals surface area contributed by atoms with Crippen LogP contribution in [0.15, 0.2) is 12.3 Å². The normalized spacial score (nSPS) is 13.0. The van der Waals surface area contributed by atoms with Crippen LogP contribution in [0.5, 0.6) is 0 Å². The summed E-state index contributed by atoms with van der Waals surface area (Å²) in [6, 6.07) is 1.91. The zero-order valence-corrected chi connectivity index (χ0v) is 11.0. The van der Waals surface area contributed by atoms with Gasteiger partial charge in [0.25, 0.3) is 0 Å². The van der Waals surface area contributed by atoms with Gasteiger partial charge in [-0.2, -0.15) is 0 Å². The van der Waals surface area contributed by atoms with Gasteiger partial charge >= 0.3 is 0 Å². The smallest absolute Gasteiger partial charge is 0.108 e. The van der Waals surface area contributed by atoms with Gasteiger partial charge in [-0.1, -0.05) is 23.2 Å². The van der Waals surface area contributed by atoms with E-state index in [0.717, 1.165) is 23.5 Å². The molecule has 0 saturated heterocycles. The first-order chi connectivity index (χ1) is 7.56. The van der Waals surface area contributed by atoms with Crippen LogP contribution in [0.1, 0.15) is 12.7 Å². The molecule has 0 aromatic carbocycles. The Morgan fingerprint density at radius 3 is 2.88 bits per heavy atom. The van der Waals surface area contributed by atoms with Crippen molar-refractivity contribution in [3.8, 4) is 11.3 Å². The minimum atomic E-state index is 0.0838. The summed E-state index contributed by atoms with van der Waals surface area (Å²) >= 11 is 13.3. The number of aromatic nitrogens is 2. The van der Waals surface area contributed by atoms with Gasteiger partial charge in [0, 0.05) is 18.0 Å². The molecule has 2 heterocycles. The lowest BCUT2D eigenvalue weighted by atomic mass is 10.2. The van der Waals surface area contributed by atoms with E-state index in [-0.39, 0.29) is 6.04 Å². The van der Waals surface area contributed by atoms with Crippen molar-refractivity contribution in [1.29, 1.82) is 0 Å². The van der Waals surface area contributed by atoms with E-state index in [9.17, 15) is 0 Å².